The van der Waals surface area contributed by atoms with Gasteiger partial charge in [0.1, 0.15) is 5.82 Å². The summed E-state index contributed by atoms with van der Waals surface area (Å²) in [7, 11) is 0. The fourth-order valence-electron chi connectivity index (χ4n) is 5.88. The van der Waals surface area contributed by atoms with Crippen LogP contribution < -0.4 is 0 Å². The first-order valence-corrected chi connectivity index (χ1v) is 8.87. The number of carboxylic acids is 1. The van der Waals surface area contributed by atoms with Crippen molar-refractivity contribution in [2.45, 2.75) is 48.3 Å². The van der Waals surface area contributed by atoms with Crippen LogP contribution in [0.2, 0.25) is 0 Å². The molecule has 22 heavy (non-hydrogen) atoms. The highest BCUT2D eigenvalue weighted by Crippen LogP contribution is 2.67. The molecule has 4 saturated carbocycles. The van der Waals surface area contributed by atoms with E-state index in [1.54, 1.807) is 0 Å². The van der Waals surface area contributed by atoms with Crippen LogP contribution in [-0.2, 0) is 10.2 Å². The summed E-state index contributed by atoms with van der Waals surface area (Å²) >= 11 is 3.95. The van der Waals surface area contributed by atoms with Gasteiger partial charge in [0, 0.05) is 9.74 Å². The van der Waals surface area contributed by atoms with Crippen LogP contribution in [0.3, 0.4) is 0 Å². The van der Waals surface area contributed by atoms with E-state index >= 15 is 0 Å². The predicted octanol–water partition coefficient (Wildman–Crippen LogP) is 4.51. The van der Waals surface area contributed by atoms with Crippen LogP contribution in [-0.4, -0.2) is 15.4 Å². The molecule has 0 heterocycles. The summed E-state index contributed by atoms with van der Waals surface area (Å²) < 4.78 is 13.6. The minimum atomic E-state index is -0.736. The molecule has 4 aliphatic carbocycles. The third kappa shape index (κ3) is 2.06. The SMILES string of the molecule is O=C(O)CC1(c2ccc(F)cc2)C2CC3C[C@@H]1CC(Br)(C3)C2. The van der Waals surface area contributed by atoms with Crippen molar-refractivity contribution in [1.29, 1.82) is 0 Å². The van der Waals surface area contributed by atoms with Crippen LogP contribution in [0, 0.1) is 23.6 Å². The molecule has 1 N–H and O–H groups in total. The van der Waals surface area contributed by atoms with Gasteiger partial charge in [0.15, 0.2) is 0 Å². The van der Waals surface area contributed by atoms with Crippen LogP contribution in [0.15, 0.2) is 24.3 Å². The van der Waals surface area contributed by atoms with E-state index in [9.17, 15) is 14.3 Å². The van der Waals surface area contributed by atoms with Gasteiger partial charge in [-0.1, -0.05) is 28.1 Å². The Morgan fingerprint density at radius 2 is 1.77 bits per heavy atom. The van der Waals surface area contributed by atoms with Crippen molar-refractivity contribution in [2.75, 3.05) is 0 Å². The van der Waals surface area contributed by atoms with Crippen molar-refractivity contribution in [3.05, 3.63) is 35.6 Å². The summed E-state index contributed by atoms with van der Waals surface area (Å²) in [6.07, 6.45) is 5.73. The molecule has 0 spiro atoms. The van der Waals surface area contributed by atoms with E-state index in [1.165, 1.54) is 18.6 Å². The largest absolute Gasteiger partial charge is 0.481 e. The Bertz CT molecular complexity index is 596. The van der Waals surface area contributed by atoms with Gasteiger partial charge in [0.2, 0.25) is 0 Å². The van der Waals surface area contributed by atoms with E-state index in [1.807, 2.05) is 12.1 Å². The van der Waals surface area contributed by atoms with Gasteiger partial charge in [-0.05, 0) is 67.6 Å². The number of hydrogen-bond donors (Lipinski definition) is 1. The summed E-state index contributed by atoms with van der Waals surface area (Å²) in [4.78, 5) is 11.6. The topological polar surface area (TPSA) is 37.3 Å². The minimum Gasteiger partial charge on any atom is -0.481 e. The lowest BCUT2D eigenvalue weighted by molar-refractivity contribution is -0.144. The summed E-state index contributed by atoms with van der Waals surface area (Å²) in [6, 6.07) is 6.60. The van der Waals surface area contributed by atoms with Crippen LogP contribution in [0.4, 0.5) is 4.39 Å². The molecule has 4 fully saturated rings. The second-order valence-electron chi connectivity index (χ2n) is 7.61. The fraction of sp³-hybridized carbons (Fsp3) is 0.611. The molecular formula is C18H20BrFO2. The lowest BCUT2D eigenvalue weighted by Gasteiger charge is -2.64. The molecule has 0 saturated heterocycles. The average molecular weight is 367 g/mol. The number of rotatable bonds is 3. The molecule has 0 aliphatic heterocycles. The lowest BCUT2D eigenvalue weighted by atomic mass is 9.43. The van der Waals surface area contributed by atoms with Crippen molar-refractivity contribution in [2.24, 2.45) is 17.8 Å². The molecule has 2 nitrogen and oxygen atoms in total. The summed E-state index contributed by atoms with van der Waals surface area (Å²) in [5.41, 5.74) is 0.717. The zero-order valence-electron chi connectivity index (χ0n) is 12.4. The smallest absolute Gasteiger partial charge is 0.304 e. The Labute approximate surface area is 138 Å². The van der Waals surface area contributed by atoms with Gasteiger partial charge in [0.05, 0.1) is 6.42 Å². The minimum absolute atomic E-state index is 0.170. The van der Waals surface area contributed by atoms with Crippen molar-refractivity contribution in [3.63, 3.8) is 0 Å². The number of alkyl halides is 1. The number of halogens is 2. The molecule has 118 valence electrons. The van der Waals surface area contributed by atoms with Gasteiger partial charge in [-0.2, -0.15) is 0 Å². The number of aliphatic carboxylic acids is 1. The van der Waals surface area contributed by atoms with Gasteiger partial charge in [0.25, 0.3) is 0 Å². The second-order valence-corrected chi connectivity index (χ2v) is 9.29. The van der Waals surface area contributed by atoms with Crippen molar-refractivity contribution < 1.29 is 14.3 Å². The quantitative estimate of drug-likeness (QED) is 0.798. The van der Waals surface area contributed by atoms with Crippen LogP contribution >= 0.6 is 15.9 Å². The number of carboxylic acid groups (broad SMARTS) is 1. The first kappa shape index (κ1) is 14.7. The molecular weight excluding hydrogens is 347 g/mol. The van der Waals surface area contributed by atoms with Crippen molar-refractivity contribution >= 4 is 21.9 Å². The maximum atomic E-state index is 13.3. The summed E-state index contributed by atoms with van der Waals surface area (Å²) in [6.45, 7) is 0. The van der Waals surface area contributed by atoms with Crippen LogP contribution in [0.25, 0.3) is 0 Å². The standard InChI is InChI=1S/C18H20BrFO2/c19-17-7-11-5-13(8-17)18(10-16(21)22,14(6-11)9-17)12-1-3-15(20)4-2-12/h1-4,11,13-14H,5-10H2,(H,21,22)/t11?,13-,14?,17?,18?/m1/s1. The van der Waals surface area contributed by atoms with Crippen LogP contribution in [0.5, 0.6) is 0 Å². The summed E-state index contributed by atoms with van der Waals surface area (Å²) in [5.74, 6) is 0.508. The molecule has 1 aromatic carbocycles. The molecule has 0 aromatic heterocycles. The first-order valence-electron chi connectivity index (χ1n) is 8.08. The highest BCUT2D eigenvalue weighted by atomic mass is 79.9. The van der Waals surface area contributed by atoms with Crippen molar-refractivity contribution in [1.82, 2.24) is 0 Å². The Balaban J connectivity index is 1.82. The third-order valence-electron chi connectivity index (χ3n) is 6.40. The Morgan fingerprint density at radius 3 is 2.27 bits per heavy atom. The lowest BCUT2D eigenvalue weighted by Crippen LogP contribution is -2.60. The summed E-state index contributed by atoms with van der Waals surface area (Å²) in [5, 5.41) is 9.56. The highest BCUT2D eigenvalue weighted by molar-refractivity contribution is 9.10. The normalized spacial score (nSPS) is 42.5. The van der Waals surface area contributed by atoms with E-state index in [0.717, 1.165) is 37.2 Å². The molecule has 0 amide bonds. The Kier molecular flexibility index (Phi) is 3.20. The molecule has 1 aromatic rings. The zero-order valence-corrected chi connectivity index (χ0v) is 14.0. The Hall–Kier alpha value is -0.900. The van der Waals surface area contributed by atoms with Crippen LogP contribution in [0.1, 0.15) is 44.1 Å². The van der Waals surface area contributed by atoms with E-state index in [4.69, 9.17) is 0 Å². The van der Waals surface area contributed by atoms with Crippen molar-refractivity contribution in [3.8, 4) is 0 Å². The maximum absolute atomic E-state index is 13.3. The molecule has 4 unspecified atom stereocenters. The molecule has 0 radical (unpaired) electrons. The first-order chi connectivity index (χ1) is 10.4. The molecule has 5 atom stereocenters. The van der Waals surface area contributed by atoms with E-state index in [2.05, 4.69) is 15.9 Å². The number of carbonyl (C=O) groups is 1. The average Bonchev–Trinajstić information content (AvgIpc) is 2.42. The molecule has 4 bridgehead atoms. The maximum Gasteiger partial charge on any atom is 0.304 e. The van der Waals surface area contributed by atoms with Gasteiger partial charge < -0.3 is 5.11 Å². The highest BCUT2D eigenvalue weighted by Gasteiger charge is 2.62. The fourth-order valence-corrected chi connectivity index (χ4v) is 7.12. The molecule has 5 rings (SSSR count). The van der Waals surface area contributed by atoms with Gasteiger partial charge in [-0.25, -0.2) is 4.39 Å². The molecule has 4 aliphatic rings. The molecule has 4 heteroatoms. The number of benzene rings is 1. The van der Waals surface area contributed by atoms with E-state index in [-0.39, 0.29) is 22.0 Å². The van der Waals surface area contributed by atoms with Gasteiger partial charge in [-0.15, -0.1) is 0 Å². The van der Waals surface area contributed by atoms with E-state index in [0.29, 0.717) is 11.8 Å². The monoisotopic (exact) mass is 366 g/mol. The van der Waals surface area contributed by atoms with Gasteiger partial charge in [-0.3, -0.25) is 4.79 Å². The Morgan fingerprint density at radius 1 is 1.18 bits per heavy atom. The van der Waals surface area contributed by atoms with E-state index < -0.39 is 5.97 Å². The predicted molar refractivity (Wildman–Crippen MR) is 85.5 cm³/mol. The van der Waals surface area contributed by atoms with Gasteiger partial charge >= 0.3 is 5.97 Å². The third-order valence-corrected chi connectivity index (χ3v) is 7.37. The zero-order chi connectivity index (χ0) is 15.5. The number of hydrogen-bond acceptors (Lipinski definition) is 1. The second kappa shape index (κ2) is 4.80.